The van der Waals surface area contributed by atoms with Gasteiger partial charge in [-0.1, -0.05) is 146 Å². The SMILES string of the molecule is CCn1c2ccccc2c2cc(-c3ccc(-c4c5ccccc5c(-c5ccc(-c6ccc7c(c6)c6ccccc6n7CC)cc5)c5ccccc45)cc3)ccc21. The minimum Gasteiger partial charge on any atom is -0.341 e. The third-order valence-electron chi connectivity index (χ3n) is 12.1. The Morgan fingerprint density at radius 3 is 0.911 bits per heavy atom. The molecule has 11 rings (SSSR count). The molecule has 0 aliphatic heterocycles. The second kappa shape index (κ2) is 12.9. The largest absolute Gasteiger partial charge is 0.341 e. The van der Waals surface area contributed by atoms with Crippen molar-refractivity contribution in [2.24, 2.45) is 0 Å². The molecular formula is C54H40N2. The molecule has 0 amide bonds. The highest BCUT2D eigenvalue weighted by atomic mass is 15.0. The monoisotopic (exact) mass is 716 g/mol. The van der Waals surface area contributed by atoms with Crippen molar-refractivity contribution in [2.75, 3.05) is 0 Å². The van der Waals surface area contributed by atoms with Crippen LogP contribution in [0.2, 0.25) is 0 Å². The zero-order valence-electron chi connectivity index (χ0n) is 31.6. The molecule has 0 aliphatic carbocycles. The van der Waals surface area contributed by atoms with Crippen LogP contribution >= 0.6 is 0 Å². The lowest BCUT2D eigenvalue weighted by atomic mass is 9.85. The van der Waals surface area contributed by atoms with E-state index in [1.54, 1.807) is 0 Å². The molecule has 0 saturated heterocycles. The highest BCUT2D eigenvalue weighted by Gasteiger charge is 2.18. The van der Waals surface area contributed by atoms with Crippen molar-refractivity contribution in [3.63, 3.8) is 0 Å². The molecule has 2 heteroatoms. The van der Waals surface area contributed by atoms with Crippen LogP contribution in [-0.2, 0) is 13.1 Å². The first-order valence-electron chi connectivity index (χ1n) is 19.9. The number of hydrogen-bond acceptors (Lipinski definition) is 0. The van der Waals surface area contributed by atoms with Crippen LogP contribution in [0.1, 0.15) is 13.8 Å². The van der Waals surface area contributed by atoms with Crippen molar-refractivity contribution in [3.05, 3.63) is 182 Å². The summed E-state index contributed by atoms with van der Waals surface area (Å²) in [6, 6.07) is 67.7. The van der Waals surface area contributed by atoms with Crippen LogP contribution in [-0.4, -0.2) is 9.13 Å². The van der Waals surface area contributed by atoms with Gasteiger partial charge >= 0.3 is 0 Å². The van der Waals surface area contributed by atoms with E-state index in [2.05, 4.69) is 205 Å². The van der Waals surface area contributed by atoms with Crippen molar-refractivity contribution in [1.29, 1.82) is 0 Å². The molecule has 0 unspecified atom stereocenters. The van der Waals surface area contributed by atoms with Crippen molar-refractivity contribution in [2.45, 2.75) is 26.9 Å². The number of hydrogen-bond donors (Lipinski definition) is 0. The fourth-order valence-corrected chi connectivity index (χ4v) is 9.56. The minimum atomic E-state index is 0.952. The molecule has 0 spiro atoms. The van der Waals surface area contributed by atoms with Crippen molar-refractivity contribution in [3.8, 4) is 44.5 Å². The number of para-hydroxylation sites is 2. The topological polar surface area (TPSA) is 9.86 Å². The molecule has 0 N–H and O–H groups in total. The lowest BCUT2D eigenvalue weighted by molar-refractivity contribution is 0.827. The number of benzene rings is 9. The van der Waals surface area contributed by atoms with Gasteiger partial charge in [-0.2, -0.15) is 0 Å². The number of nitrogens with zero attached hydrogens (tertiary/aromatic N) is 2. The van der Waals surface area contributed by atoms with Crippen LogP contribution < -0.4 is 0 Å². The maximum absolute atomic E-state index is 2.42. The Hall–Kier alpha value is -6.90. The van der Waals surface area contributed by atoms with Gasteiger partial charge in [0.1, 0.15) is 0 Å². The number of aryl methyl sites for hydroxylation is 2. The molecule has 9 aromatic carbocycles. The van der Waals surface area contributed by atoms with Gasteiger partial charge in [0.25, 0.3) is 0 Å². The normalized spacial score (nSPS) is 11.9. The van der Waals surface area contributed by atoms with Crippen LogP contribution in [0.5, 0.6) is 0 Å². The van der Waals surface area contributed by atoms with Crippen molar-refractivity contribution < 1.29 is 0 Å². The number of fused-ring (bicyclic) bond motifs is 8. The molecular weight excluding hydrogens is 677 g/mol. The van der Waals surface area contributed by atoms with E-state index in [9.17, 15) is 0 Å². The summed E-state index contributed by atoms with van der Waals surface area (Å²) in [4.78, 5) is 0. The van der Waals surface area contributed by atoms with Gasteiger partial charge in [-0.3, -0.25) is 0 Å². The lowest BCUT2D eigenvalue weighted by Crippen LogP contribution is -1.92. The molecule has 2 nitrogen and oxygen atoms in total. The fraction of sp³-hybridized carbons (Fsp3) is 0.0741. The Balaban J connectivity index is 1.00. The van der Waals surface area contributed by atoms with Gasteiger partial charge in [0.2, 0.25) is 0 Å². The zero-order chi connectivity index (χ0) is 37.3. The van der Waals surface area contributed by atoms with Crippen molar-refractivity contribution >= 4 is 65.2 Å². The van der Waals surface area contributed by atoms with E-state index >= 15 is 0 Å². The highest BCUT2D eigenvalue weighted by Crippen LogP contribution is 2.44. The van der Waals surface area contributed by atoms with E-state index in [0.29, 0.717) is 0 Å². The van der Waals surface area contributed by atoms with E-state index in [0.717, 1.165) is 13.1 Å². The van der Waals surface area contributed by atoms with Crippen LogP contribution in [0.3, 0.4) is 0 Å². The molecule has 0 fully saturated rings. The molecule has 56 heavy (non-hydrogen) atoms. The molecule has 2 heterocycles. The van der Waals surface area contributed by atoms with E-state index in [-0.39, 0.29) is 0 Å². The molecule has 266 valence electrons. The van der Waals surface area contributed by atoms with E-state index in [4.69, 9.17) is 0 Å². The van der Waals surface area contributed by atoms with Gasteiger partial charge in [0, 0.05) is 56.7 Å². The van der Waals surface area contributed by atoms with Crippen LogP contribution in [0.4, 0.5) is 0 Å². The maximum atomic E-state index is 2.42. The Bertz CT molecular complexity index is 3020. The molecule has 0 aliphatic rings. The van der Waals surface area contributed by atoms with E-state index in [1.165, 1.54) is 110 Å². The first-order chi connectivity index (χ1) is 27.7. The summed E-state index contributed by atoms with van der Waals surface area (Å²) in [5.41, 5.74) is 15.1. The standard InChI is InChI=1S/C54H40N2/c1-3-55-49-19-11-9-13-41(49)47-33-39(29-31-51(47)55)35-21-25-37(26-22-35)53-43-15-5-7-17-45(43)54(46-18-8-6-16-44(46)53)38-27-23-36(24-28-38)40-30-32-52-48(34-40)42-14-10-12-20-50(42)56(52)4-2/h5-34H,3-4H2,1-2H3. The lowest BCUT2D eigenvalue weighted by Gasteiger charge is -2.18. The van der Waals surface area contributed by atoms with Gasteiger partial charge in [-0.05, 0) is 116 Å². The van der Waals surface area contributed by atoms with Gasteiger partial charge < -0.3 is 9.13 Å². The molecule has 0 bridgehead atoms. The molecule has 2 aromatic heterocycles. The van der Waals surface area contributed by atoms with Crippen LogP contribution in [0, 0.1) is 0 Å². The molecule has 11 aromatic rings. The molecule has 0 atom stereocenters. The first kappa shape index (κ1) is 32.5. The fourth-order valence-electron chi connectivity index (χ4n) is 9.56. The first-order valence-corrected chi connectivity index (χ1v) is 19.9. The average Bonchev–Trinajstić information content (AvgIpc) is 3.77. The van der Waals surface area contributed by atoms with Crippen LogP contribution in [0.25, 0.3) is 110 Å². The zero-order valence-corrected chi connectivity index (χ0v) is 31.6. The molecule has 0 saturated carbocycles. The highest BCUT2D eigenvalue weighted by molar-refractivity contribution is 6.21. The summed E-state index contributed by atoms with van der Waals surface area (Å²) < 4.78 is 4.83. The summed E-state index contributed by atoms with van der Waals surface area (Å²) in [7, 11) is 0. The Morgan fingerprint density at radius 1 is 0.268 bits per heavy atom. The second-order valence-electron chi connectivity index (χ2n) is 15.0. The van der Waals surface area contributed by atoms with Gasteiger partial charge in [0.05, 0.1) is 0 Å². The maximum Gasteiger partial charge on any atom is 0.0491 e. The minimum absolute atomic E-state index is 0.952. The summed E-state index contributed by atoms with van der Waals surface area (Å²) in [6.07, 6.45) is 0. The average molecular weight is 717 g/mol. The third kappa shape index (κ3) is 4.89. The molecule has 0 radical (unpaired) electrons. The van der Waals surface area contributed by atoms with Gasteiger partial charge in [0.15, 0.2) is 0 Å². The van der Waals surface area contributed by atoms with Crippen molar-refractivity contribution in [1.82, 2.24) is 9.13 Å². The van der Waals surface area contributed by atoms with Gasteiger partial charge in [-0.25, -0.2) is 0 Å². The number of rotatable bonds is 6. The summed E-state index contributed by atoms with van der Waals surface area (Å²) in [6.45, 7) is 6.35. The Labute approximate surface area is 326 Å². The number of aromatic nitrogens is 2. The third-order valence-corrected chi connectivity index (χ3v) is 12.1. The van der Waals surface area contributed by atoms with Crippen LogP contribution in [0.15, 0.2) is 182 Å². The Kier molecular flexibility index (Phi) is 7.47. The summed E-state index contributed by atoms with van der Waals surface area (Å²) >= 11 is 0. The van der Waals surface area contributed by atoms with Gasteiger partial charge in [-0.15, -0.1) is 0 Å². The van der Waals surface area contributed by atoms with E-state index in [1.807, 2.05) is 0 Å². The quantitative estimate of drug-likeness (QED) is 0.152. The smallest absolute Gasteiger partial charge is 0.0491 e. The second-order valence-corrected chi connectivity index (χ2v) is 15.0. The van der Waals surface area contributed by atoms with E-state index < -0.39 is 0 Å². The predicted molar refractivity (Wildman–Crippen MR) is 241 cm³/mol. The summed E-state index contributed by atoms with van der Waals surface area (Å²) in [5.74, 6) is 0. The Morgan fingerprint density at radius 2 is 0.554 bits per heavy atom. The predicted octanol–water partition coefficient (Wildman–Crippen LogP) is 14.9. The summed E-state index contributed by atoms with van der Waals surface area (Å²) in [5, 5.41) is 10.3.